The van der Waals surface area contributed by atoms with Gasteiger partial charge in [-0.25, -0.2) is 4.79 Å². The van der Waals surface area contributed by atoms with E-state index in [9.17, 15) is 14.4 Å². The van der Waals surface area contributed by atoms with Gasteiger partial charge in [0.1, 0.15) is 12.1 Å². The Morgan fingerprint density at radius 1 is 1.17 bits per heavy atom. The smallest absolute Gasteiger partial charge is 0.325 e. The van der Waals surface area contributed by atoms with Crippen LogP contribution >= 0.6 is 0 Å². The molecule has 2 unspecified atom stereocenters. The number of carbonyl (C=O) groups excluding carboxylic acids is 3. The molecule has 0 aromatic heterocycles. The molecule has 1 fully saturated rings. The minimum absolute atomic E-state index is 0.0361. The van der Waals surface area contributed by atoms with E-state index in [1.54, 1.807) is 18.9 Å². The third kappa shape index (κ3) is 3.26. The van der Waals surface area contributed by atoms with Gasteiger partial charge in [-0.3, -0.25) is 14.5 Å². The molecule has 2 aliphatic rings. The summed E-state index contributed by atoms with van der Waals surface area (Å²) < 4.78 is 0. The molecule has 2 aromatic rings. The van der Waals surface area contributed by atoms with E-state index in [1.165, 1.54) is 5.56 Å². The minimum atomic E-state index is -1.17. The van der Waals surface area contributed by atoms with Crippen LogP contribution in [0.1, 0.15) is 48.1 Å². The van der Waals surface area contributed by atoms with Crippen LogP contribution < -0.4 is 5.32 Å². The molecule has 2 atom stereocenters. The largest absolute Gasteiger partial charge is 0.337 e. The molecule has 0 saturated carbocycles. The van der Waals surface area contributed by atoms with Crippen molar-refractivity contribution >= 4 is 17.8 Å². The quantitative estimate of drug-likeness (QED) is 0.794. The Kier molecular flexibility index (Phi) is 5.10. The molecule has 4 rings (SSSR count). The predicted molar refractivity (Wildman–Crippen MR) is 114 cm³/mol. The Labute approximate surface area is 176 Å². The van der Waals surface area contributed by atoms with Crippen LogP contribution in [0.3, 0.4) is 0 Å². The van der Waals surface area contributed by atoms with Crippen LogP contribution in [-0.2, 0) is 21.5 Å². The number of urea groups is 1. The zero-order valence-electron chi connectivity index (χ0n) is 17.6. The summed E-state index contributed by atoms with van der Waals surface area (Å²) in [5, 5.41) is 2.79. The fourth-order valence-electron chi connectivity index (χ4n) is 4.71. The maximum Gasteiger partial charge on any atom is 0.325 e. The molecule has 1 heterocycles. The maximum atomic E-state index is 13.2. The molecular weight excluding hydrogens is 378 g/mol. The molecule has 0 spiro atoms. The number of aryl methyl sites for hydroxylation is 2. The highest BCUT2D eigenvalue weighted by Gasteiger charge is 2.50. The van der Waals surface area contributed by atoms with Crippen molar-refractivity contribution < 1.29 is 14.4 Å². The van der Waals surface area contributed by atoms with E-state index >= 15 is 0 Å². The molecule has 0 bridgehead atoms. The van der Waals surface area contributed by atoms with Gasteiger partial charge in [-0.2, -0.15) is 0 Å². The average Bonchev–Trinajstić information content (AvgIpc) is 2.96. The number of rotatable bonds is 4. The zero-order chi connectivity index (χ0) is 21.5. The van der Waals surface area contributed by atoms with Gasteiger partial charge in [0.25, 0.3) is 5.91 Å². The van der Waals surface area contributed by atoms with Crippen molar-refractivity contribution in [3.8, 4) is 0 Å². The summed E-state index contributed by atoms with van der Waals surface area (Å²) in [6.07, 6.45) is 2.89. The number of nitrogens with one attached hydrogen (secondary N) is 1. The second kappa shape index (κ2) is 7.59. The van der Waals surface area contributed by atoms with Crippen molar-refractivity contribution in [3.05, 3.63) is 70.8 Å². The van der Waals surface area contributed by atoms with Gasteiger partial charge < -0.3 is 10.2 Å². The molecule has 30 heavy (non-hydrogen) atoms. The number of fused-ring (bicyclic) bond motifs is 1. The predicted octanol–water partition coefficient (Wildman–Crippen LogP) is 3.30. The van der Waals surface area contributed by atoms with Gasteiger partial charge in [-0.15, -0.1) is 0 Å². The third-order valence-corrected chi connectivity index (χ3v) is 6.45. The summed E-state index contributed by atoms with van der Waals surface area (Å²) in [6, 6.07) is 15.1. The molecule has 1 saturated heterocycles. The summed E-state index contributed by atoms with van der Waals surface area (Å²) in [4.78, 5) is 41.6. The van der Waals surface area contributed by atoms with E-state index in [1.807, 2.05) is 43.3 Å². The topological polar surface area (TPSA) is 69.7 Å². The van der Waals surface area contributed by atoms with E-state index in [0.717, 1.165) is 40.9 Å². The van der Waals surface area contributed by atoms with E-state index in [-0.39, 0.29) is 18.5 Å². The van der Waals surface area contributed by atoms with E-state index in [0.29, 0.717) is 0 Å². The number of likely N-dealkylation sites (N-methyl/N-ethyl adjacent to an activating group) is 1. The monoisotopic (exact) mass is 405 g/mol. The molecular formula is C24H27N3O3. The normalized spacial score (nSPS) is 23.2. The molecule has 2 aromatic carbocycles. The number of hydrogen-bond acceptors (Lipinski definition) is 3. The number of amides is 4. The van der Waals surface area contributed by atoms with Gasteiger partial charge in [-0.05, 0) is 55.4 Å². The van der Waals surface area contributed by atoms with Crippen LogP contribution in [0.5, 0.6) is 0 Å². The van der Waals surface area contributed by atoms with Crippen LogP contribution in [0.25, 0.3) is 0 Å². The summed E-state index contributed by atoms with van der Waals surface area (Å²) >= 11 is 0. The van der Waals surface area contributed by atoms with E-state index in [4.69, 9.17) is 0 Å². The van der Waals surface area contributed by atoms with Gasteiger partial charge in [-0.1, -0.05) is 48.5 Å². The maximum absolute atomic E-state index is 13.2. The van der Waals surface area contributed by atoms with Crippen LogP contribution in [-0.4, -0.2) is 41.2 Å². The van der Waals surface area contributed by atoms with Crippen molar-refractivity contribution in [2.45, 2.75) is 44.7 Å². The first-order valence-electron chi connectivity index (χ1n) is 10.4. The number of benzene rings is 2. The second-order valence-corrected chi connectivity index (χ2v) is 8.37. The highest BCUT2D eigenvalue weighted by atomic mass is 16.2. The lowest BCUT2D eigenvalue weighted by Gasteiger charge is -2.34. The lowest BCUT2D eigenvalue weighted by atomic mass is 9.87. The summed E-state index contributed by atoms with van der Waals surface area (Å²) in [7, 11) is 1.76. The van der Waals surface area contributed by atoms with Gasteiger partial charge in [0, 0.05) is 7.05 Å². The Bertz CT molecular complexity index is 1020. The molecule has 6 heteroatoms. The van der Waals surface area contributed by atoms with Gasteiger partial charge in [0.05, 0.1) is 6.04 Å². The van der Waals surface area contributed by atoms with E-state index in [2.05, 4.69) is 17.4 Å². The lowest BCUT2D eigenvalue weighted by Crippen LogP contribution is -2.45. The van der Waals surface area contributed by atoms with Gasteiger partial charge >= 0.3 is 6.03 Å². The lowest BCUT2D eigenvalue weighted by molar-refractivity contribution is -0.139. The summed E-state index contributed by atoms with van der Waals surface area (Å²) in [6.45, 7) is 3.34. The summed E-state index contributed by atoms with van der Waals surface area (Å²) in [5.41, 5.74) is 2.90. The van der Waals surface area contributed by atoms with Crippen molar-refractivity contribution in [1.29, 1.82) is 0 Å². The molecule has 1 aliphatic heterocycles. The van der Waals surface area contributed by atoms with E-state index < -0.39 is 17.5 Å². The highest BCUT2D eigenvalue weighted by Crippen LogP contribution is 2.34. The Balaban J connectivity index is 1.53. The van der Waals surface area contributed by atoms with Crippen LogP contribution in [0, 0.1) is 6.92 Å². The number of imide groups is 1. The second-order valence-electron chi connectivity index (χ2n) is 8.37. The number of nitrogens with zero attached hydrogens (tertiary/aromatic N) is 2. The Hall–Kier alpha value is -3.15. The molecule has 1 aliphatic carbocycles. The number of hydrogen-bond donors (Lipinski definition) is 1. The fraction of sp³-hybridized carbons (Fsp3) is 0.375. The van der Waals surface area contributed by atoms with Crippen molar-refractivity contribution in [3.63, 3.8) is 0 Å². The minimum Gasteiger partial charge on any atom is -0.337 e. The Morgan fingerprint density at radius 2 is 1.87 bits per heavy atom. The average molecular weight is 405 g/mol. The number of carbonyl (C=O) groups is 3. The SMILES string of the molecule is Cc1ccccc1C1(C)NC(=O)N(CC(=O)N(C)C2CCCc3ccccc32)C1=O. The third-order valence-electron chi connectivity index (χ3n) is 6.45. The van der Waals surface area contributed by atoms with Crippen LogP contribution in [0.2, 0.25) is 0 Å². The molecule has 156 valence electrons. The molecule has 0 radical (unpaired) electrons. The van der Waals surface area contributed by atoms with Crippen molar-refractivity contribution in [1.82, 2.24) is 15.1 Å². The first-order valence-corrected chi connectivity index (χ1v) is 10.4. The molecule has 1 N–H and O–H groups in total. The summed E-state index contributed by atoms with van der Waals surface area (Å²) in [5.74, 6) is -0.637. The fourth-order valence-corrected chi connectivity index (χ4v) is 4.71. The Morgan fingerprint density at radius 3 is 2.63 bits per heavy atom. The van der Waals surface area contributed by atoms with Crippen LogP contribution in [0.15, 0.2) is 48.5 Å². The van der Waals surface area contributed by atoms with Crippen molar-refractivity contribution in [2.24, 2.45) is 0 Å². The zero-order valence-corrected chi connectivity index (χ0v) is 17.6. The van der Waals surface area contributed by atoms with Crippen LogP contribution in [0.4, 0.5) is 4.79 Å². The van der Waals surface area contributed by atoms with Crippen molar-refractivity contribution in [2.75, 3.05) is 13.6 Å². The molecule has 6 nitrogen and oxygen atoms in total. The molecule has 4 amide bonds. The first kappa shape index (κ1) is 20.1. The first-order chi connectivity index (χ1) is 14.3. The van der Waals surface area contributed by atoms with Gasteiger partial charge in [0.15, 0.2) is 0 Å². The van der Waals surface area contributed by atoms with Gasteiger partial charge in [0.2, 0.25) is 5.91 Å². The highest BCUT2D eigenvalue weighted by molar-refractivity contribution is 6.09. The standard InChI is InChI=1S/C24H27N3O3/c1-16-9-4-7-13-19(16)24(2)22(29)27(23(30)25-24)15-21(28)26(3)20-14-8-11-17-10-5-6-12-18(17)20/h4-7,9-10,12-13,20H,8,11,14-15H2,1-3H3,(H,25,30).